The second-order valence-corrected chi connectivity index (χ2v) is 4.57. The predicted octanol–water partition coefficient (Wildman–Crippen LogP) is 1.94. The van der Waals surface area contributed by atoms with E-state index in [0.717, 1.165) is 11.3 Å². The van der Waals surface area contributed by atoms with E-state index in [1.807, 2.05) is 31.2 Å². The van der Waals surface area contributed by atoms with Crippen LogP contribution >= 0.6 is 0 Å². The maximum absolute atomic E-state index is 9.80. The molecule has 0 amide bonds. The molecule has 0 saturated heterocycles. The fourth-order valence-corrected chi connectivity index (χ4v) is 1.36. The summed E-state index contributed by atoms with van der Waals surface area (Å²) in [7, 11) is 1.66. The van der Waals surface area contributed by atoms with Crippen LogP contribution in [-0.4, -0.2) is 23.9 Å². The highest BCUT2D eigenvalue weighted by Gasteiger charge is 2.21. The maximum atomic E-state index is 9.80. The van der Waals surface area contributed by atoms with Crippen molar-refractivity contribution in [3.8, 4) is 5.75 Å². The fourth-order valence-electron chi connectivity index (χ4n) is 1.36. The van der Waals surface area contributed by atoms with Crippen molar-refractivity contribution in [3.05, 3.63) is 29.8 Å². The molecule has 3 heteroatoms. The Labute approximate surface area is 97.4 Å². The van der Waals surface area contributed by atoms with E-state index in [1.165, 1.54) is 0 Å². The zero-order valence-corrected chi connectivity index (χ0v) is 10.4. The number of rotatable bonds is 5. The van der Waals surface area contributed by atoms with Gasteiger partial charge in [-0.1, -0.05) is 18.2 Å². The molecule has 1 atom stereocenters. The van der Waals surface area contributed by atoms with Crippen LogP contribution in [0.5, 0.6) is 5.75 Å². The van der Waals surface area contributed by atoms with Crippen molar-refractivity contribution in [2.75, 3.05) is 7.11 Å². The van der Waals surface area contributed by atoms with E-state index in [9.17, 15) is 5.11 Å². The molecule has 0 radical (unpaired) electrons. The Morgan fingerprint density at radius 3 is 2.56 bits per heavy atom. The third kappa shape index (κ3) is 3.51. The highest BCUT2D eigenvalue weighted by Crippen LogP contribution is 2.17. The minimum Gasteiger partial charge on any atom is -0.496 e. The van der Waals surface area contributed by atoms with Crippen LogP contribution in [0.1, 0.15) is 26.3 Å². The number of benzene rings is 1. The average molecular weight is 223 g/mol. The number of nitrogens with one attached hydrogen (secondary N) is 1. The zero-order chi connectivity index (χ0) is 12.2. The summed E-state index contributed by atoms with van der Waals surface area (Å²) in [6, 6.07) is 7.91. The average Bonchev–Trinajstić information content (AvgIpc) is 2.24. The molecule has 2 N–H and O–H groups in total. The number of ether oxygens (including phenoxy) is 1. The number of para-hydroxylation sites is 1. The molecular formula is C13H21NO2. The monoisotopic (exact) mass is 223 g/mol. The smallest absolute Gasteiger partial charge is 0.123 e. The first-order valence-electron chi connectivity index (χ1n) is 5.53. The van der Waals surface area contributed by atoms with E-state index in [2.05, 4.69) is 5.32 Å². The van der Waals surface area contributed by atoms with Gasteiger partial charge in [0.05, 0.1) is 12.7 Å². The topological polar surface area (TPSA) is 41.5 Å². The second-order valence-electron chi connectivity index (χ2n) is 4.57. The molecular weight excluding hydrogens is 202 g/mol. The Morgan fingerprint density at radius 2 is 2.00 bits per heavy atom. The molecule has 90 valence electrons. The Hall–Kier alpha value is -1.06. The van der Waals surface area contributed by atoms with Gasteiger partial charge in [-0.25, -0.2) is 0 Å². The standard InChI is InChI=1S/C13H21NO2/c1-10(13(2,3)15)14-9-11-7-5-6-8-12(11)16-4/h5-8,10,14-15H,9H2,1-4H3. The quantitative estimate of drug-likeness (QED) is 0.801. The SMILES string of the molecule is COc1ccccc1CNC(C)C(C)(C)O. The lowest BCUT2D eigenvalue weighted by atomic mass is 10.0. The van der Waals surface area contributed by atoms with Gasteiger partial charge in [0.2, 0.25) is 0 Å². The molecule has 0 spiro atoms. The Kier molecular flexibility index (Phi) is 4.33. The highest BCUT2D eigenvalue weighted by molar-refractivity contribution is 5.33. The van der Waals surface area contributed by atoms with E-state index in [1.54, 1.807) is 21.0 Å². The van der Waals surface area contributed by atoms with Gasteiger partial charge in [-0.3, -0.25) is 0 Å². The molecule has 0 fully saturated rings. The lowest BCUT2D eigenvalue weighted by molar-refractivity contribution is 0.0436. The van der Waals surface area contributed by atoms with Crippen LogP contribution in [0.3, 0.4) is 0 Å². The van der Waals surface area contributed by atoms with E-state index >= 15 is 0 Å². The number of hydrogen-bond acceptors (Lipinski definition) is 3. The van der Waals surface area contributed by atoms with Crippen molar-refractivity contribution in [2.24, 2.45) is 0 Å². The van der Waals surface area contributed by atoms with Crippen molar-refractivity contribution in [3.63, 3.8) is 0 Å². The Morgan fingerprint density at radius 1 is 1.38 bits per heavy atom. The van der Waals surface area contributed by atoms with Crippen molar-refractivity contribution in [1.29, 1.82) is 0 Å². The molecule has 1 aromatic carbocycles. The summed E-state index contributed by atoms with van der Waals surface area (Å²) in [4.78, 5) is 0. The van der Waals surface area contributed by atoms with Gasteiger partial charge in [-0.15, -0.1) is 0 Å². The van der Waals surface area contributed by atoms with Gasteiger partial charge >= 0.3 is 0 Å². The molecule has 1 unspecified atom stereocenters. The largest absolute Gasteiger partial charge is 0.496 e. The number of aliphatic hydroxyl groups is 1. The molecule has 0 aliphatic carbocycles. The fraction of sp³-hybridized carbons (Fsp3) is 0.538. The van der Waals surface area contributed by atoms with Crippen LogP contribution in [0.15, 0.2) is 24.3 Å². The summed E-state index contributed by atoms with van der Waals surface area (Å²) < 4.78 is 5.26. The van der Waals surface area contributed by atoms with E-state index in [0.29, 0.717) is 6.54 Å². The van der Waals surface area contributed by atoms with E-state index in [4.69, 9.17) is 4.74 Å². The summed E-state index contributed by atoms with van der Waals surface area (Å²) in [5.41, 5.74) is 0.378. The van der Waals surface area contributed by atoms with Crippen molar-refractivity contribution in [1.82, 2.24) is 5.32 Å². The molecule has 1 aromatic rings. The summed E-state index contributed by atoms with van der Waals surface area (Å²) >= 11 is 0. The molecule has 0 aliphatic heterocycles. The van der Waals surface area contributed by atoms with Crippen LogP contribution in [0.4, 0.5) is 0 Å². The van der Waals surface area contributed by atoms with Gasteiger partial charge in [0.15, 0.2) is 0 Å². The summed E-state index contributed by atoms with van der Waals surface area (Å²) in [6.45, 7) is 6.25. The van der Waals surface area contributed by atoms with Crippen molar-refractivity contribution in [2.45, 2.75) is 39.0 Å². The lowest BCUT2D eigenvalue weighted by Gasteiger charge is -2.27. The van der Waals surface area contributed by atoms with E-state index in [-0.39, 0.29) is 6.04 Å². The number of methoxy groups -OCH3 is 1. The molecule has 0 bridgehead atoms. The zero-order valence-electron chi connectivity index (χ0n) is 10.4. The summed E-state index contributed by atoms with van der Waals surface area (Å²) in [6.07, 6.45) is 0. The van der Waals surface area contributed by atoms with Crippen LogP contribution in [-0.2, 0) is 6.54 Å². The summed E-state index contributed by atoms with van der Waals surface area (Å²) in [5.74, 6) is 0.873. The minimum absolute atomic E-state index is 0.0254. The molecule has 16 heavy (non-hydrogen) atoms. The van der Waals surface area contributed by atoms with Gasteiger partial charge in [0.1, 0.15) is 5.75 Å². The lowest BCUT2D eigenvalue weighted by Crippen LogP contribution is -2.44. The van der Waals surface area contributed by atoms with Crippen LogP contribution in [0, 0.1) is 0 Å². The van der Waals surface area contributed by atoms with Gasteiger partial charge in [0, 0.05) is 18.2 Å². The number of hydrogen-bond donors (Lipinski definition) is 2. The van der Waals surface area contributed by atoms with Crippen molar-refractivity contribution < 1.29 is 9.84 Å². The van der Waals surface area contributed by atoms with Crippen LogP contribution < -0.4 is 10.1 Å². The van der Waals surface area contributed by atoms with E-state index < -0.39 is 5.60 Å². The Balaban J connectivity index is 2.61. The first-order chi connectivity index (χ1) is 7.45. The molecule has 0 aliphatic rings. The van der Waals surface area contributed by atoms with Gasteiger partial charge < -0.3 is 15.2 Å². The molecule has 0 aromatic heterocycles. The first kappa shape index (κ1) is 13.0. The molecule has 3 nitrogen and oxygen atoms in total. The van der Waals surface area contributed by atoms with Gasteiger partial charge in [0.25, 0.3) is 0 Å². The van der Waals surface area contributed by atoms with Gasteiger partial charge in [-0.05, 0) is 26.8 Å². The predicted molar refractivity (Wildman–Crippen MR) is 65.6 cm³/mol. The van der Waals surface area contributed by atoms with Crippen molar-refractivity contribution >= 4 is 0 Å². The molecule has 1 rings (SSSR count). The first-order valence-corrected chi connectivity index (χ1v) is 5.53. The molecule has 0 saturated carbocycles. The third-order valence-corrected chi connectivity index (χ3v) is 2.85. The minimum atomic E-state index is -0.720. The normalized spacial score (nSPS) is 13.6. The highest BCUT2D eigenvalue weighted by atomic mass is 16.5. The third-order valence-electron chi connectivity index (χ3n) is 2.85. The summed E-state index contributed by atoms with van der Waals surface area (Å²) in [5, 5.41) is 13.1. The maximum Gasteiger partial charge on any atom is 0.123 e. The second kappa shape index (κ2) is 5.32. The van der Waals surface area contributed by atoms with Crippen LogP contribution in [0.25, 0.3) is 0 Å². The Bertz CT molecular complexity index is 331. The van der Waals surface area contributed by atoms with Crippen LogP contribution in [0.2, 0.25) is 0 Å². The van der Waals surface area contributed by atoms with Gasteiger partial charge in [-0.2, -0.15) is 0 Å². The molecule has 0 heterocycles.